The number of carbonyl (C=O) groups is 1. The fourth-order valence-electron chi connectivity index (χ4n) is 2.51. The Morgan fingerprint density at radius 2 is 1.88 bits per heavy atom. The SMILES string of the molecule is COc1ccccc1CCNC(=O)c1ncsc1-c1ccccc1. The van der Waals surface area contributed by atoms with Gasteiger partial charge in [-0.05, 0) is 23.6 Å². The van der Waals surface area contributed by atoms with Crippen molar-refractivity contribution in [2.75, 3.05) is 13.7 Å². The third kappa shape index (κ3) is 3.63. The summed E-state index contributed by atoms with van der Waals surface area (Å²) in [6, 6.07) is 17.7. The molecule has 3 rings (SSSR count). The number of nitrogens with one attached hydrogen (secondary N) is 1. The second-order valence-electron chi connectivity index (χ2n) is 5.21. The van der Waals surface area contributed by atoms with Crippen molar-refractivity contribution in [2.45, 2.75) is 6.42 Å². The van der Waals surface area contributed by atoms with Crippen molar-refractivity contribution in [3.8, 4) is 16.2 Å². The molecule has 1 heterocycles. The van der Waals surface area contributed by atoms with Crippen LogP contribution < -0.4 is 10.1 Å². The second-order valence-corrected chi connectivity index (χ2v) is 6.07. The number of amides is 1. The molecule has 5 heteroatoms. The van der Waals surface area contributed by atoms with Gasteiger partial charge >= 0.3 is 0 Å². The first-order chi connectivity index (χ1) is 11.8. The summed E-state index contributed by atoms with van der Waals surface area (Å²) in [5.41, 5.74) is 4.26. The first-order valence-corrected chi connectivity index (χ1v) is 8.56. The highest BCUT2D eigenvalue weighted by molar-refractivity contribution is 7.13. The van der Waals surface area contributed by atoms with Crippen LogP contribution in [0.2, 0.25) is 0 Å². The summed E-state index contributed by atoms with van der Waals surface area (Å²) in [6.07, 6.45) is 0.709. The first kappa shape index (κ1) is 16.2. The molecule has 0 aliphatic rings. The Labute approximate surface area is 145 Å². The van der Waals surface area contributed by atoms with E-state index in [0.29, 0.717) is 18.7 Å². The van der Waals surface area contributed by atoms with Crippen LogP contribution in [0.5, 0.6) is 5.75 Å². The third-order valence-electron chi connectivity index (χ3n) is 3.69. The van der Waals surface area contributed by atoms with E-state index in [4.69, 9.17) is 4.74 Å². The first-order valence-electron chi connectivity index (χ1n) is 7.68. The van der Waals surface area contributed by atoms with E-state index < -0.39 is 0 Å². The van der Waals surface area contributed by atoms with Crippen molar-refractivity contribution < 1.29 is 9.53 Å². The minimum Gasteiger partial charge on any atom is -0.496 e. The number of hydrogen-bond acceptors (Lipinski definition) is 4. The van der Waals surface area contributed by atoms with Crippen molar-refractivity contribution in [1.82, 2.24) is 10.3 Å². The molecule has 3 aromatic rings. The van der Waals surface area contributed by atoms with Crippen LogP contribution in [-0.2, 0) is 6.42 Å². The van der Waals surface area contributed by atoms with E-state index in [9.17, 15) is 4.79 Å². The quantitative estimate of drug-likeness (QED) is 0.744. The van der Waals surface area contributed by atoms with Crippen LogP contribution >= 0.6 is 11.3 Å². The Morgan fingerprint density at radius 3 is 2.67 bits per heavy atom. The van der Waals surface area contributed by atoms with E-state index in [2.05, 4.69) is 10.3 Å². The summed E-state index contributed by atoms with van der Waals surface area (Å²) in [5, 5.41) is 2.94. The molecule has 0 aliphatic heterocycles. The molecular weight excluding hydrogens is 320 g/mol. The van der Waals surface area contributed by atoms with Crippen LogP contribution in [0.1, 0.15) is 16.1 Å². The molecule has 0 saturated carbocycles. The molecule has 122 valence electrons. The van der Waals surface area contributed by atoms with Gasteiger partial charge in [0.2, 0.25) is 0 Å². The van der Waals surface area contributed by atoms with Crippen molar-refractivity contribution in [3.05, 3.63) is 71.4 Å². The third-order valence-corrected chi connectivity index (χ3v) is 4.57. The van der Waals surface area contributed by atoms with Crippen molar-refractivity contribution in [2.24, 2.45) is 0 Å². The smallest absolute Gasteiger partial charge is 0.271 e. The number of benzene rings is 2. The molecular formula is C19H18N2O2S. The largest absolute Gasteiger partial charge is 0.496 e. The van der Waals surface area contributed by atoms with Crippen molar-refractivity contribution in [1.29, 1.82) is 0 Å². The van der Waals surface area contributed by atoms with Crippen molar-refractivity contribution >= 4 is 17.2 Å². The van der Waals surface area contributed by atoms with Gasteiger partial charge in [0, 0.05) is 6.54 Å². The lowest BCUT2D eigenvalue weighted by Gasteiger charge is -2.09. The number of rotatable bonds is 6. The molecule has 2 aromatic carbocycles. The molecule has 4 nitrogen and oxygen atoms in total. The van der Waals surface area contributed by atoms with Gasteiger partial charge in [-0.25, -0.2) is 4.98 Å². The molecule has 0 bridgehead atoms. The minimum absolute atomic E-state index is 0.148. The van der Waals surface area contributed by atoms with Gasteiger partial charge in [-0.3, -0.25) is 4.79 Å². The van der Waals surface area contributed by atoms with Gasteiger partial charge in [-0.2, -0.15) is 0 Å². The lowest BCUT2D eigenvalue weighted by molar-refractivity contribution is 0.0950. The summed E-state index contributed by atoms with van der Waals surface area (Å²) >= 11 is 1.47. The molecule has 0 atom stereocenters. The zero-order valence-electron chi connectivity index (χ0n) is 13.4. The number of aromatic nitrogens is 1. The molecule has 0 unspecified atom stereocenters. The summed E-state index contributed by atoms with van der Waals surface area (Å²) in [6.45, 7) is 0.533. The lowest BCUT2D eigenvalue weighted by atomic mass is 10.1. The number of thiazole rings is 1. The Kier molecular flexibility index (Phi) is 5.23. The summed E-state index contributed by atoms with van der Waals surface area (Å²) in [4.78, 5) is 17.6. The number of para-hydroxylation sites is 1. The topological polar surface area (TPSA) is 51.2 Å². The van der Waals surface area contributed by atoms with E-state index in [1.165, 1.54) is 11.3 Å². The molecule has 24 heavy (non-hydrogen) atoms. The second kappa shape index (κ2) is 7.75. The van der Waals surface area contributed by atoms with Crippen LogP contribution in [0.3, 0.4) is 0 Å². The van der Waals surface area contributed by atoms with Gasteiger partial charge in [0.05, 0.1) is 17.5 Å². The minimum atomic E-state index is -0.148. The van der Waals surface area contributed by atoms with Crippen LogP contribution in [-0.4, -0.2) is 24.5 Å². The maximum atomic E-state index is 12.4. The van der Waals surface area contributed by atoms with Crippen LogP contribution in [0.25, 0.3) is 10.4 Å². The van der Waals surface area contributed by atoms with Gasteiger partial charge in [0.1, 0.15) is 11.4 Å². The molecule has 1 aromatic heterocycles. The van der Waals surface area contributed by atoms with E-state index in [-0.39, 0.29) is 5.91 Å². The lowest BCUT2D eigenvalue weighted by Crippen LogP contribution is -2.26. The molecule has 1 amide bonds. The average Bonchev–Trinajstić information content (AvgIpc) is 3.12. The Bertz CT molecular complexity index is 815. The van der Waals surface area contributed by atoms with Crippen LogP contribution in [0.4, 0.5) is 0 Å². The Hall–Kier alpha value is -2.66. The molecule has 0 radical (unpaired) electrons. The zero-order valence-corrected chi connectivity index (χ0v) is 14.2. The van der Waals surface area contributed by atoms with Gasteiger partial charge in [-0.1, -0.05) is 48.5 Å². The number of nitrogens with zero attached hydrogens (tertiary/aromatic N) is 1. The highest BCUT2D eigenvalue weighted by Crippen LogP contribution is 2.27. The fourth-order valence-corrected chi connectivity index (χ4v) is 3.30. The maximum Gasteiger partial charge on any atom is 0.271 e. The number of carbonyl (C=O) groups excluding carboxylic acids is 1. The fraction of sp³-hybridized carbons (Fsp3) is 0.158. The zero-order chi connectivity index (χ0) is 16.8. The Balaban J connectivity index is 1.65. The van der Waals surface area contributed by atoms with Crippen LogP contribution in [0.15, 0.2) is 60.1 Å². The number of hydrogen-bond donors (Lipinski definition) is 1. The van der Waals surface area contributed by atoms with E-state index in [0.717, 1.165) is 21.8 Å². The molecule has 0 saturated heterocycles. The predicted octanol–water partition coefficient (Wildman–Crippen LogP) is 3.79. The monoisotopic (exact) mass is 338 g/mol. The van der Waals surface area contributed by atoms with Crippen molar-refractivity contribution in [3.63, 3.8) is 0 Å². The van der Waals surface area contributed by atoms with E-state index >= 15 is 0 Å². The molecule has 1 N–H and O–H groups in total. The summed E-state index contributed by atoms with van der Waals surface area (Å²) < 4.78 is 5.33. The highest BCUT2D eigenvalue weighted by atomic mass is 32.1. The average molecular weight is 338 g/mol. The summed E-state index contributed by atoms with van der Waals surface area (Å²) in [5.74, 6) is 0.690. The highest BCUT2D eigenvalue weighted by Gasteiger charge is 2.15. The van der Waals surface area contributed by atoms with E-state index in [1.54, 1.807) is 12.6 Å². The summed E-state index contributed by atoms with van der Waals surface area (Å²) in [7, 11) is 1.65. The Morgan fingerprint density at radius 1 is 1.12 bits per heavy atom. The maximum absolute atomic E-state index is 12.4. The molecule has 0 fully saturated rings. The molecule has 0 aliphatic carbocycles. The van der Waals surface area contributed by atoms with Gasteiger partial charge in [-0.15, -0.1) is 11.3 Å². The number of ether oxygens (including phenoxy) is 1. The van der Waals surface area contributed by atoms with Crippen LogP contribution in [0, 0.1) is 0 Å². The molecule has 0 spiro atoms. The normalized spacial score (nSPS) is 10.4. The standard InChI is InChI=1S/C19H18N2O2S/c1-23-16-10-6-5-7-14(16)11-12-20-19(22)17-18(24-13-21-17)15-8-3-2-4-9-15/h2-10,13H,11-12H2,1H3,(H,20,22). The van der Waals surface area contributed by atoms with Gasteiger partial charge < -0.3 is 10.1 Å². The van der Waals surface area contributed by atoms with Gasteiger partial charge in [0.15, 0.2) is 0 Å². The predicted molar refractivity (Wildman–Crippen MR) is 96.6 cm³/mol. The van der Waals surface area contributed by atoms with E-state index in [1.807, 2.05) is 54.6 Å². The van der Waals surface area contributed by atoms with Gasteiger partial charge in [0.25, 0.3) is 5.91 Å². The number of methoxy groups -OCH3 is 1.